The molecule has 0 unspecified atom stereocenters. The van der Waals surface area contributed by atoms with Gasteiger partial charge < -0.3 is 0 Å². The lowest BCUT2D eigenvalue weighted by atomic mass is 10.1. The Morgan fingerprint density at radius 1 is 1.29 bits per heavy atom. The van der Waals surface area contributed by atoms with E-state index in [-0.39, 0.29) is 5.69 Å². The smallest absolute Gasteiger partial charge is 0.258 e. The van der Waals surface area contributed by atoms with Crippen molar-refractivity contribution in [2.24, 2.45) is 5.10 Å². The number of nitro benzene ring substituents is 1. The van der Waals surface area contributed by atoms with Crippen molar-refractivity contribution < 1.29 is 4.92 Å². The number of nitro groups is 1. The summed E-state index contributed by atoms with van der Waals surface area (Å²) < 4.78 is 1.47. The van der Waals surface area contributed by atoms with Gasteiger partial charge >= 0.3 is 0 Å². The largest absolute Gasteiger partial charge is 0.269 e. The predicted octanol–water partition coefficient (Wildman–Crippen LogP) is 1.46. The normalized spacial score (nSPS) is 11.5. The van der Waals surface area contributed by atoms with Crippen molar-refractivity contribution in [2.75, 3.05) is 0 Å². The molecule has 2 aromatic rings. The molecule has 0 atom stereocenters. The molecule has 0 spiro atoms. The first-order valence-corrected chi connectivity index (χ1v) is 4.82. The fourth-order valence-corrected chi connectivity index (χ4v) is 1.30. The minimum Gasteiger partial charge on any atom is -0.258 e. The van der Waals surface area contributed by atoms with Gasteiger partial charge in [0.15, 0.2) is 0 Å². The number of hydrogen-bond acceptors (Lipinski definition) is 5. The molecule has 86 valence electrons. The highest BCUT2D eigenvalue weighted by atomic mass is 16.6. The van der Waals surface area contributed by atoms with Gasteiger partial charge in [-0.15, -0.1) is 10.2 Å². The number of benzene rings is 1. The van der Waals surface area contributed by atoms with Gasteiger partial charge in [0.1, 0.15) is 12.7 Å². The van der Waals surface area contributed by atoms with Gasteiger partial charge in [0.25, 0.3) is 5.69 Å². The summed E-state index contributed by atoms with van der Waals surface area (Å²) in [6.45, 7) is 1.81. The minimum absolute atomic E-state index is 0.0610. The summed E-state index contributed by atoms with van der Waals surface area (Å²) in [5, 5.41) is 21.9. The Balaban J connectivity index is 2.26. The van der Waals surface area contributed by atoms with Crippen molar-refractivity contribution in [3.8, 4) is 0 Å². The number of rotatable bonds is 3. The second-order valence-electron chi connectivity index (χ2n) is 3.33. The molecule has 0 saturated heterocycles. The van der Waals surface area contributed by atoms with Crippen molar-refractivity contribution in [1.82, 2.24) is 14.9 Å². The first-order chi connectivity index (χ1) is 8.16. The van der Waals surface area contributed by atoms with Gasteiger partial charge in [-0.3, -0.25) is 10.1 Å². The van der Waals surface area contributed by atoms with Crippen molar-refractivity contribution in [2.45, 2.75) is 6.92 Å². The Morgan fingerprint density at radius 3 is 2.41 bits per heavy atom. The van der Waals surface area contributed by atoms with E-state index in [9.17, 15) is 10.1 Å². The van der Waals surface area contributed by atoms with Gasteiger partial charge in [0, 0.05) is 12.1 Å². The van der Waals surface area contributed by atoms with Crippen LogP contribution in [-0.4, -0.2) is 25.5 Å². The highest BCUT2D eigenvalue weighted by Crippen LogP contribution is 2.12. The van der Waals surface area contributed by atoms with Crippen LogP contribution < -0.4 is 0 Å². The van der Waals surface area contributed by atoms with Gasteiger partial charge in [0.05, 0.1) is 10.6 Å². The van der Waals surface area contributed by atoms with E-state index in [0.29, 0.717) is 0 Å². The van der Waals surface area contributed by atoms with E-state index in [2.05, 4.69) is 15.3 Å². The summed E-state index contributed by atoms with van der Waals surface area (Å²) in [4.78, 5) is 10.1. The number of aromatic nitrogens is 3. The van der Waals surface area contributed by atoms with Crippen LogP contribution in [0.2, 0.25) is 0 Å². The second-order valence-corrected chi connectivity index (χ2v) is 3.33. The molecule has 0 aliphatic rings. The second kappa shape index (κ2) is 4.52. The van der Waals surface area contributed by atoms with E-state index >= 15 is 0 Å². The summed E-state index contributed by atoms with van der Waals surface area (Å²) in [5.41, 5.74) is 1.59. The fraction of sp³-hybridized carbons (Fsp3) is 0.100. The Morgan fingerprint density at radius 2 is 1.88 bits per heavy atom. The third kappa shape index (κ3) is 2.51. The maximum atomic E-state index is 10.5. The molecule has 1 heterocycles. The third-order valence-electron chi connectivity index (χ3n) is 2.17. The highest BCUT2D eigenvalue weighted by molar-refractivity contribution is 5.98. The van der Waals surface area contributed by atoms with E-state index in [0.717, 1.165) is 11.3 Å². The van der Waals surface area contributed by atoms with Crippen LogP contribution in [0.4, 0.5) is 5.69 Å². The van der Waals surface area contributed by atoms with Crippen LogP contribution >= 0.6 is 0 Å². The number of nitrogens with zero attached hydrogens (tertiary/aromatic N) is 5. The zero-order valence-electron chi connectivity index (χ0n) is 9.02. The quantitative estimate of drug-likeness (QED) is 0.454. The van der Waals surface area contributed by atoms with Crippen molar-refractivity contribution in [1.29, 1.82) is 0 Å². The standard InChI is InChI=1S/C10H9N5O2/c1-8(13-14-6-11-12-7-14)9-2-4-10(5-3-9)15(16)17/h2-7H,1H3/b13-8-. The van der Waals surface area contributed by atoms with Gasteiger partial charge in [-0.2, -0.15) is 5.10 Å². The average Bonchev–Trinajstić information content (AvgIpc) is 2.82. The molecule has 0 radical (unpaired) electrons. The molecule has 0 aliphatic carbocycles. The fourth-order valence-electron chi connectivity index (χ4n) is 1.30. The molecule has 0 saturated carbocycles. The van der Waals surface area contributed by atoms with Crippen molar-refractivity contribution >= 4 is 11.4 Å². The van der Waals surface area contributed by atoms with Gasteiger partial charge in [-0.25, -0.2) is 4.68 Å². The van der Waals surface area contributed by atoms with E-state index in [1.165, 1.54) is 29.5 Å². The van der Waals surface area contributed by atoms with E-state index < -0.39 is 4.92 Å². The number of non-ortho nitro benzene ring substituents is 1. The molecular formula is C10H9N5O2. The zero-order chi connectivity index (χ0) is 12.3. The van der Waals surface area contributed by atoms with Crippen LogP contribution in [0.1, 0.15) is 12.5 Å². The topological polar surface area (TPSA) is 86.2 Å². The highest BCUT2D eigenvalue weighted by Gasteiger charge is 2.05. The Labute approximate surface area is 96.6 Å². The SMILES string of the molecule is C/C(=N/n1cnnc1)c1ccc([N+](=O)[O-])cc1. The monoisotopic (exact) mass is 231 g/mol. The van der Waals surface area contributed by atoms with Gasteiger partial charge in [0.2, 0.25) is 0 Å². The molecule has 7 heteroatoms. The van der Waals surface area contributed by atoms with Crippen LogP contribution in [0.3, 0.4) is 0 Å². The van der Waals surface area contributed by atoms with Gasteiger partial charge in [-0.1, -0.05) is 0 Å². The first kappa shape index (κ1) is 10.9. The van der Waals surface area contributed by atoms with E-state index in [1.807, 2.05) is 0 Å². The lowest BCUT2D eigenvalue weighted by molar-refractivity contribution is -0.384. The average molecular weight is 231 g/mol. The summed E-state index contributed by atoms with van der Waals surface area (Å²) >= 11 is 0. The summed E-state index contributed by atoms with van der Waals surface area (Å²) in [6, 6.07) is 6.20. The summed E-state index contributed by atoms with van der Waals surface area (Å²) in [7, 11) is 0. The Bertz CT molecular complexity index is 545. The van der Waals surface area contributed by atoms with Gasteiger partial charge in [-0.05, 0) is 24.6 Å². The molecule has 1 aromatic heterocycles. The third-order valence-corrected chi connectivity index (χ3v) is 2.17. The molecular weight excluding hydrogens is 222 g/mol. The molecule has 0 N–H and O–H groups in total. The molecule has 2 rings (SSSR count). The zero-order valence-corrected chi connectivity index (χ0v) is 9.02. The van der Waals surface area contributed by atoms with Crippen molar-refractivity contribution in [3.63, 3.8) is 0 Å². The molecule has 0 amide bonds. The molecule has 0 bridgehead atoms. The van der Waals surface area contributed by atoms with E-state index in [1.54, 1.807) is 19.1 Å². The van der Waals surface area contributed by atoms with Crippen LogP contribution in [0, 0.1) is 10.1 Å². The van der Waals surface area contributed by atoms with E-state index in [4.69, 9.17) is 0 Å². The van der Waals surface area contributed by atoms with Crippen LogP contribution in [0.5, 0.6) is 0 Å². The maximum Gasteiger partial charge on any atom is 0.269 e. The predicted molar refractivity (Wildman–Crippen MR) is 60.7 cm³/mol. The van der Waals surface area contributed by atoms with Crippen LogP contribution in [0.15, 0.2) is 42.0 Å². The lowest BCUT2D eigenvalue weighted by Crippen LogP contribution is -1.98. The first-order valence-electron chi connectivity index (χ1n) is 4.82. The molecule has 1 aromatic carbocycles. The Kier molecular flexibility index (Phi) is 2.91. The lowest BCUT2D eigenvalue weighted by Gasteiger charge is -2.00. The number of hydrogen-bond donors (Lipinski definition) is 0. The van der Waals surface area contributed by atoms with Crippen molar-refractivity contribution in [3.05, 3.63) is 52.6 Å². The molecule has 17 heavy (non-hydrogen) atoms. The molecule has 0 aliphatic heterocycles. The molecule has 7 nitrogen and oxygen atoms in total. The summed E-state index contributed by atoms with van der Waals surface area (Å²) in [6.07, 6.45) is 2.93. The molecule has 0 fully saturated rings. The minimum atomic E-state index is -0.434. The Hall–Kier alpha value is -2.57. The van der Waals surface area contributed by atoms with Crippen LogP contribution in [0.25, 0.3) is 0 Å². The maximum absolute atomic E-state index is 10.5. The summed E-state index contributed by atoms with van der Waals surface area (Å²) in [5.74, 6) is 0. The van der Waals surface area contributed by atoms with Crippen LogP contribution in [-0.2, 0) is 0 Å².